The Morgan fingerprint density at radius 1 is 1.16 bits per heavy atom. The summed E-state index contributed by atoms with van der Waals surface area (Å²) in [5.41, 5.74) is 2.12. The number of ether oxygens (including phenoxy) is 1. The summed E-state index contributed by atoms with van der Waals surface area (Å²) < 4.78 is 18.8. The summed E-state index contributed by atoms with van der Waals surface area (Å²) in [4.78, 5) is 0. The first kappa shape index (κ1) is 13.6. The first-order chi connectivity index (χ1) is 9.10. The van der Waals surface area contributed by atoms with Crippen molar-refractivity contribution in [2.45, 2.75) is 19.4 Å². The monoisotopic (exact) mass is 260 g/mol. The van der Waals surface area contributed by atoms with Gasteiger partial charge in [-0.25, -0.2) is 4.39 Å². The summed E-state index contributed by atoms with van der Waals surface area (Å²) in [6.45, 7) is 1.82. The SMILES string of the molecule is COc1ccc(CC(O)c2ccc(C)cc2F)cc1. The van der Waals surface area contributed by atoms with Crippen molar-refractivity contribution in [3.05, 3.63) is 65.0 Å². The maximum absolute atomic E-state index is 13.7. The van der Waals surface area contributed by atoms with E-state index in [0.717, 1.165) is 16.9 Å². The van der Waals surface area contributed by atoms with Crippen LogP contribution in [0.3, 0.4) is 0 Å². The summed E-state index contributed by atoms with van der Waals surface area (Å²) in [6, 6.07) is 12.3. The molecule has 0 fully saturated rings. The van der Waals surface area contributed by atoms with E-state index < -0.39 is 6.10 Å². The lowest BCUT2D eigenvalue weighted by Gasteiger charge is -2.13. The van der Waals surface area contributed by atoms with Crippen LogP contribution in [0.15, 0.2) is 42.5 Å². The van der Waals surface area contributed by atoms with Crippen LogP contribution in [0, 0.1) is 12.7 Å². The van der Waals surface area contributed by atoms with Crippen LogP contribution in [-0.2, 0) is 6.42 Å². The maximum Gasteiger partial charge on any atom is 0.129 e. The normalized spacial score (nSPS) is 12.2. The highest BCUT2D eigenvalue weighted by Crippen LogP contribution is 2.23. The molecule has 2 aromatic carbocycles. The van der Waals surface area contributed by atoms with Crippen LogP contribution in [-0.4, -0.2) is 12.2 Å². The van der Waals surface area contributed by atoms with Crippen LogP contribution in [0.2, 0.25) is 0 Å². The Hall–Kier alpha value is -1.87. The first-order valence-corrected chi connectivity index (χ1v) is 6.17. The predicted octanol–water partition coefficient (Wildman–Crippen LogP) is 3.42. The van der Waals surface area contributed by atoms with Gasteiger partial charge in [0.2, 0.25) is 0 Å². The van der Waals surface area contributed by atoms with Crippen LogP contribution in [0.1, 0.15) is 22.8 Å². The smallest absolute Gasteiger partial charge is 0.129 e. The summed E-state index contributed by atoms with van der Waals surface area (Å²) in [5, 5.41) is 10.1. The first-order valence-electron chi connectivity index (χ1n) is 6.17. The number of rotatable bonds is 4. The molecule has 100 valence electrons. The van der Waals surface area contributed by atoms with Crippen molar-refractivity contribution in [1.82, 2.24) is 0 Å². The number of halogens is 1. The molecular weight excluding hydrogens is 243 g/mol. The highest BCUT2D eigenvalue weighted by molar-refractivity contribution is 5.30. The maximum atomic E-state index is 13.7. The summed E-state index contributed by atoms with van der Waals surface area (Å²) in [7, 11) is 1.60. The van der Waals surface area contributed by atoms with Crippen molar-refractivity contribution < 1.29 is 14.2 Å². The molecule has 2 rings (SSSR count). The molecule has 0 aromatic heterocycles. The standard InChI is InChI=1S/C16H17FO2/c1-11-3-8-14(15(17)9-11)16(18)10-12-4-6-13(19-2)7-5-12/h3-9,16,18H,10H2,1-2H3. The molecule has 1 unspecified atom stereocenters. The molecule has 0 spiro atoms. The zero-order valence-electron chi connectivity index (χ0n) is 11.1. The zero-order chi connectivity index (χ0) is 13.8. The van der Waals surface area contributed by atoms with E-state index >= 15 is 0 Å². The lowest BCUT2D eigenvalue weighted by atomic mass is 10.00. The fourth-order valence-electron chi connectivity index (χ4n) is 2.00. The highest BCUT2D eigenvalue weighted by atomic mass is 19.1. The second-order valence-corrected chi connectivity index (χ2v) is 4.59. The van der Waals surface area contributed by atoms with E-state index in [1.807, 2.05) is 31.2 Å². The van der Waals surface area contributed by atoms with Crippen LogP contribution in [0.5, 0.6) is 5.75 Å². The highest BCUT2D eigenvalue weighted by Gasteiger charge is 2.13. The Bertz CT molecular complexity index is 549. The molecule has 19 heavy (non-hydrogen) atoms. The summed E-state index contributed by atoms with van der Waals surface area (Å²) in [5.74, 6) is 0.403. The molecule has 0 amide bonds. The van der Waals surface area contributed by atoms with Gasteiger partial charge in [-0.2, -0.15) is 0 Å². The Balaban J connectivity index is 2.13. The van der Waals surface area contributed by atoms with E-state index in [0.29, 0.717) is 12.0 Å². The van der Waals surface area contributed by atoms with E-state index in [1.54, 1.807) is 19.2 Å². The van der Waals surface area contributed by atoms with Gasteiger partial charge in [0, 0.05) is 12.0 Å². The Labute approximate surface area is 112 Å². The lowest BCUT2D eigenvalue weighted by Crippen LogP contribution is -2.04. The van der Waals surface area contributed by atoms with Crippen LogP contribution < -0.4 is 4.74 Å². The molecule has 3 heteroatoms. The molecule has 2 nitrogen and oxygen atoms in total. The zero-order valence-corrected chi connectivity index (χ0v) is 11.1. The number of benzene rings is 2. The van der Waals surface area contributed by atoms with Crippen LogP contribution in [0.4, 0.5) is 4.39 Å². The van der Waals surface area contributed by atoms with E-state index in [1.165, 1.54) is 6.07 Å². The number of aliphatic hydroxyl groups excluding tert-OH is 1. The van der Waals surface area contributed by atoms with Crippen molar-refractivity contribution in [3.63, 3.8) is 0 Å². The van der Waals surface area contributed by atoms with E-state index in [9.17, 15) is 9.50 Å². The van der Waals surface area contributed by atoms with Gasteiger partial charge in [0.1, 0.15) is 11.6 Å². The molecule has 0 saturated heterocycles. The molecule has 1 atom stereocenters. The topological polar surface area (TPSA) is 29.5 Å². The van der Waals surface area contributed by atoms with Gasteiger partial charge >= 0.3 is 0 Å². The Kier molecular flexibility index (Phi) is 4.17. The average Bonchev–Trinajstić information content (AvgIpc) is 2.39. The van der Waals surface area contributed by atoms with Gasteiger partial charge < -0.3 is 9.84 Å². The molecule has 0 heterocycles. The van der Waals surface area contributed by atoms with Gasteiger partial charge in [-0.05, 0) is 36.2 Å². The number of hydrogen-bond donors (Lipinski definition) is 1. The molecule has 0 aliphatic rings. The van der Waals surface area contributed by atoms with Crippen molar-refractivity contribution >= 4 is 0 Å². The van der Waals surface area contributed by atoms with E-state index in [2.05, 4.69) is 0 Å². The fraction of sp³-hybridized carbons (Fsp3) is 0.250. The second-order valence-electron chi connectivity index (χ2n) is 4.59. The molecule has 2 aromatic rings. The van der Waals surface area contributed by atoms with E-state index in [-0.39, 0.29) is 5.82 Å². The quantitative estimate of drug-likeness (QED) is 0.912. The van der Waals surface area contributed by atoms with Gasteiger partial charge in [0.15, 0.2) is 0 Å². The minimum absolute atomic E-state index is 0.335. The van der Waals surface area contributed by atoms with Crippen molar-refractivity contribution in [2.75, 3.05) is 7.11 Å². The summed E-state index contributed by atoms with van der Waals surface area (Å²) >= 11 is 0. The third-order valence-corrected chi connectivity index (χ3v) is 3.10. The Morgan fingerprint density at radius 2 is 1.84 bits per heavy atom. The largest absolute Gasteiger partial charge is 0.497 e. The van der Waals surface area contributed by atoms with Crippen LogP contribution in [0.25, 0.3) is 0 Å². The van der Waals surface area contributed by atoms with Crippen LogP contribution >= 0.6 is 0 Å². The molecule has 0 aliphatic heterocycles. The van der Waals surface area contributed by atoms with Gasteiger partial charge in [-0.1, -0.05) is 24.3 Å². The summed E-state index contributed by atoms with van der Waals surface area (Å²) in [6.07, 6.45) is -0.460. The van der Waals surface area contributed by atoms with Gasteiger partial charge in [0.25, 0.3) is 0 Å². The molecule has 0 aliphatic carbocycles. The molecular formula is C16H17FO2. The van der Waals surface area contributed by atoms with Gasteiger partial charge in [-0.15, -0.1) is 0 Å². The van der Waals surface area contributed by atoms with E-state index in [4.69, 9.17) is 4.74 Å². The third-order valence-electron chi connectivity index (χ3n) is 3.10. The minimum atomic E-state index is -0.839. The minimum Gasteiger partial charge on any atom is -0.497 e. The number of aryl methyl sites for hydroxylation is 1. The van der Waals surface area contributed by atoms with Crippen molar-refractivity contribution in [2.24, 2.45) is 0 Å². The number of hydrogen-bond acceptors (Lipinski definition) is 2. The molecule has 1 N–H and O–H groups in total. The van der Waals surface area contributed by atoms with Crippen molar-refractivity contribution in [3.8, 4) is 5.75 Å². The molecule has 0 radical (unpaired) electrons. The van der Waals surface area contributed by atoms with Gasteiger partial charge in [-0.3, -0.25) is 0 Å². The lowest BCUT2D eigenvalue weighted by molar-refractivity contribution is 0.173. The fourth-order valence-corrected chi connectivity index (χ4v) is 2.00. The third kappa shape index (κ3) is 3.32. The Morgan fingerprint density at radius 3 is 2.42 bits per heavy atom. The van der Waals surface area contributed by atoms with Crippen molar-refractivity contribution in [1.29, 1.82) is 0 Å². The number of methoxy groups -OCH3 is 1. The molecule has 0 saturated carbocycles. The number of aliphatic hydroxyl groups is 1. The predicted molar refractivity (Wildman–Crippen MR) is 72.8 cm³/mol. The second kappa shape index (κ2) is 5.85. The average molecular weight is 260 g/mol. The molecule has 0 bridgehead atoms. The van der Waals surface area contributed by atoms with Gasteiger partial charge in [0.05, 0.1) is 13.2 Å².